The molecule has 3 rings (SSSR count). The molecular formula is C17H15ClN4OS. The summed E-state index contributed by atoms with van der Waals surface area (Å²) >= 11 is 7.32. The summed E-state index contributed by atoms with van der Waals surface area (Å²) in [5.41, 5.74) is 1.96. The van der Waals surface area contributed by atoms with Crippen LogP contribution in [0, 0.1) is 0 Å². The molecule has 0 aliphatic heterocycles. The van der Waals surface area contributed by atoms with E-state index < -0.39 is 0 Å². The third-order valence-corrected chi connectivity index (χ3v) is 4.56. The zero-order valence-corrected chi connectivity index (χ0v) is 14.3. The maximum Gasteiger partial charge on any atom is 0.230 e. The van der Waals surface area contributed by atoms with Gasteiger partial charge in [-0.1, -0.05) is 23.7 Å². The molecule has 0 atom stereocenters. The summed E-state index contributed by atoms with van der Waals surface area (Å²) in [5.74, 6) is 0.369. The summed E-state index contributed by atoms with van der Waals surface area (Å²) < 4.78 is 1.69. The number of amides is 1. The number of benzene rings is 2. The fourth-order valence-corrected chi connectivity index (χ4v) is 2.89. The van der Waals surface area contributed by atoms with Crippen LogP contribution in [0.3, 0.4) is 0 Å². The van der Waals surface area contributed by atoms with Crippen molar-refractivity contribution in [1.82, 2.24) is 20.1 Å². The first kappa shape index (κ1) is 16.5. The molecule has 0 saturated heterocycles. The van der Waals surface area contributed by atoms with Gasteiger partial charge in [0, 0.05) is 16.5 Å². The number of nitrogens with zero attached hydrogens (tertiary/aromatic N) is 3. The summed E-state index contributed by atoms with van der Waals surface area (Å²) in [4.78, 5) is 16.9. The quantitative estimate of drug-likeness (QED) is 0.687. The van der Waals surface area contributed by atoms with E-state index in [1.54, 1.807) is 11.0 Å². The van der Waals surface area contributed by atoms with Crippen LogP contribution in [0.25, 0.3) is 5.69 Å². The average molecular weight is 359 g/mol. The Morgan fingerprint density at radius 1 is 1.12 bits per heavy atom. The van der Waals surface area contributed by atoms with Crippen LogP contribution in [0.4, 0.5) is 0 Å². The van der Waals surface area contributed by atoms with Crippen molar-refractivity contribution in [3.8, 4) is 5.69 Å². The van der Waals surface area contributed by atoms with Crippen LogP contribution in [0.2, 0.25) is 5.02 Å². The van der Waals surface area contributed by atoms with Gasteiger partial charge in [0.15, 0.2) is 0 Å². The minimum atomic E-state index is -0.00435. The molecule has 0 radical (unpaired) electrons. The smallest absolute Gasteiger partial charge is 0.230 e. The molecule has 1 aromatic heterocycles. The van der Waals surface area contributed by atoms with Crippen molar-refractivity contribution >= 4 is 29.3 Å². The molecular weight excluding hydrogens is 344 g/mol. The van der Waals surface area contributed by atoms with Crippen molar-refractivity contribution in [2.24, 2.45) is 0 Å². The number of rotatable bonds is 6. The minimum absolute atomic E-state index is 0.00435. The van der Waals surface area contributed by atoms with Gasteiger partial charge >= 0.3 is 0 Å². The largest absolute Gasteiger partial charge is 0.351 e. The van der Waals surface area contributed by atoms with Crippen LogP contribution >= 0.6 is 23.4 Å². The maximum atomic E-state index is 11.9. The molecule has 0 spiro atoms. The Kier molecular flexibility index (Phi) is 5.51. The summed E-state index contributed by atoms with van der Waals surface area (Å²) in [6.45, 7) is 0.498. The van der Waals surface area contributed by atoms with Gasteiger partial charge in [0.05, 0.1) is 11.4 Å². The monoisotopic (exact) mass is 358 g/mol. The Morgan fingerprint density at radius 3 is 2.54 bits per heavy atom. The second kappa shape index (κ2) is 7.99. The number of carbonyl (C=O) groups is 1. The van der Waals surface area contributed by atoms with Gasteiger partial charge in [-0.25, -0.2) is 9.67 Å². The van der Waals surface area contributed by atoms with Crippen molar-refractivity contribution in [3.05, 3.63) is 71.8 Å². The molecule has 0 aliphatic carbocycles. The van der Waals surface area contributed by atoms with Crippen molar-refractivity contribution < 1.29 is 4.79 Å². The van der Waals surface area contributed by atoms with E-state index in [1.165, 1.54) is 18.1 Å². The van der Waals surface area contributed by atoms with E-state index >= 15 is 0 Å². The lowest BCUT2D eigenvalue weighted by Gasteiger charge is -2.07. The summed E-state index contributed by atoms with van der Waals surface area (Å²) in [6.07, 6.45) is 3.14. The second-order valence-corrected chi connectivity index (χ2v) is 6.51. The van der Waals surface area contributed by atoms with Gasteiger partial charge in [-0.05, 0) is 42.0 Å². The van der Waals surface area contributed by atoms with Gasteiger partial charge < -0.3 is 5.32 Å². The second-order valence-electron chi connectivity index (χ2n) is 5.03. The number of aromatic nitrogens is 3. The summed E-state index contributed by atoms with van der Waals surface area (Å²) in [6, 6.07) is 15.3. The third-order valence-electron chi connectivity index (χ3n) is 3.29. The summed E-state index contributed by atoms with van der Waals surface area (Å²) in [7, 11) is 0. The highest BCUT2D eigenvalue weighted by molar-refractivity contribution is 8.00. The number of halogens is 1. The van der Waals surface area contributed by atoms with Gasteiger partial charge in [0.1, 0.15) is 12.7 Å². The highest BCUT2D eigenvalue weighted by Crippen LogP contribution is 2.20. The zero-order valence-electron chi connectivity index (χ0n) is 12.7. The van der Waals surface area contributed by atoms with Gasteiger partial charge in [-0.15, -0.1) is 11.8 Å². The normalized spacial score (nSPS) is 10.5. The molecule has 24 heavy (non-hydrogen) atoms. The minimum Gasteiger partial charge on any atom is -0.351 e. The zero-order chi connectivity index (χ0) is 16.8. The van der Waals surface area contributed by atoms with Crippen LogP contribution in [0.1, 0.15) is 5.56 Å². The number of thioether (sulfide) groups is 1. The Bertz CT molecular complexity index is 788. The summed E-state index contributed by atoms with van der Waals surface area (Å²) in [5, 5.41) is 7.68. The molecule has 0 bridgehead atoms. The Labute approximate surface area is 149 Å². The van der Waals surface area contributed by atoms with E-state index in [4.69, 9.17) is 11.6 Å². The fourth-order valence-electron chi connectivity index (χ4n) is 2.04. The van der Waals surface area contributed by atoms with Crippen molar-refractivity contribution in [2.75, 3.05) is 5.75 Å². The lowest BCUT2D eigenvalue weighted by Crippen LogP contribution is -2.24. The molecule has 5 nitrogen and oxygen atoms in total. The van der Waals surface area contributed by atoms with Gasteiger partial charge in [-0.3, -0.25) is 4.79 Å². The van der Waals surface area contributed by atoms with E-state index in [9.17, 15) is 4.79 Å². The topological polar surface area (TPSA) is 59.8 Å². The maximum absolute atomic E-state index is 11.9. The van der Waals surface area contributed by atoms with Crippen LogP contribution < -0.4 is 5.32 Å². The highest BCUT2D eigenvalue weighted by atomic mass is 35.5. The predicted molar refractivity (Wildman–Crippen MR) is 95.4 cm³/mol. The van der Waals surface area contributed by atoms with E-state index in [-0.39, 0.29) is 5.91 Å². The lowest BCUT2D eigenvalue weighted by atomic mass is 10.2. The van der Waals surface area contributed by atoms with Gasteiger partial charge in [0.25, 0.3) is 0 Å². The molecule has 1 heterocycles. The van der Waals surface area contributed by atoms with E-state index in [0.717, 1.165) is 16.1 Å². The number of carbonyl (C=O) groups excluding carboxylic acids is 1. The van der Waals surface area contributed by atoms with E-state index in [2.05, 4.69) is 15.4 Å². The van der Waals surface area contributed by atoms with Crippen molar-refractivity contribution in [3.63, 3.8) is 0 Å². The molecule has 0 saturated carbocycles. The average Bonchev–Trinajstić information content (AvgIpc) is 3.14. The predicted octanol–water partition coefficient (Wildman–Crippen LogP) is 3.33. The molecule has 7 heteroatoms. The van der Waals surface area contributed by atoms with Crippen molar-refractivity contribution in [1.29, 1.82) is 0 Å². The van der Waals surface area contributed by atoms with Crippen LogP contribution in [0.5, 0.6) is 0 Å². The molecule has 1 N–H and O–H groups in total. The molecule has 0 fully saturated rings. The van der Waals surface area contributed by atoms with Gasteiger partial charge in [-0.2, -0.15) is 5.10 Å². The third kappa shape index (κ3) is 4.59. The van der Waals surface area contributed by atoms with Crippen LogP contribution in [-0.4, -0.2) is 26.4 Å². The first-order valence-electron chi connectivity index (χ1n) is 7.30. The number of nitrogens with one attached hydrogen (secondary N) is 1. The first-order chi connectivity index (χ1) is 11.7. The fraction of sp³-hybridized carbons (Fsp3) is 0.118. The first-order valence-corrected chi connectivity index (χ1v) is 8.66. The SMILES string of the molecule is O=C(CSc1ccc(Cl)cc1)NCc1ccc(-n2cncn2)cc1. The van der Waals surface area contributed by atoms with Crippen LogP contribution in [0.15, 0.2) is 66.1 Å². The molecule has 2 aromatic carbocycles. The molecule has 1 amide bonds. The Hall–Kier alpha value is -2.31. The van der Waals surface area contributed by atoms with Gasteiger partial charge in [0.2, 0.25) is 5.91 Å². The molecule has 0 unspecified atom stereocenters. The molecule has 3 aromatic rings. The number of hydrogen-bond acceptors (Lipinski definition) is 4. The molecule has 0 aliphatic rings. The van der Waals surface area contributed by atoms with E-state index in [0.29, 0.717) is 17.3 Å². The number of hydrogen-bond donors (Lipinski definition) is 1. The molecule has 122 valence electrons. The van der Waals surface area contributed by atoms with E-state index in [1.807, 2.05) is 48.5 Å². The van der Waals surface area contributed by atoms with Crippen LogP contribution in [-0.2, 0) is 11.3 Å². The lowest BCUT2D eigenvalue weighted by molar-refractivity contribution is -0.118. The Morgan fingerprint density at radius 2 is 1.88 bits per heavy atom. The highest BCUT2D eigenvalue weighted by Gasteiger charge is 2.04. The standard InChI is InChI=1S/C17H15ClN4OS/c18-14-3-7-16(8-4-14)24-10-17(23)20-9-13-1-5-15(6-2-13)22-12-19-11-21-22/h1-8,11-12H,9-10H2,(H,20,23). The van der Waals surface area contributed by atoms with Crippen molar-refractivity contribution in [2.45, 2.75) is 11.4 Å². The Balaban J connectivity index is 1.46.